The van der Waals surface area contributed by atoms with Crippen molar-refractivity contribution in [1.29, 1.82) is 0 Å². The van der Waals surface area contributed by atoms with Crippen LogP contribution in [0.15, 0.2) is 47.4 Å². The molecule has 1 aliphatic heterocycles. The molecule has 0 bridgehead atoms. The molecule has 3 rings (SSSR count). The zero-order chi connectivity index (χ0) is 21.2. The van der Waals surface area contributed by atoms with Gasteiger partial charge in [-0.1, -0.05) is 19.1 Å². The van der Waals surface area contributed by atoms with Gasteiger partial charge in [0, 0.05) is 30.4 Å². The molecule has 0 spiro atoms. The summed E-state index contributed by atoms with van der Waals surface area (Å²) in [5.74, 6) is 0.341. The Bertz CT molecular complexity index is 1040. The highest BCUT2D eigenvalue weighted by Gasteiger charge is 2.30. The summed E-state index contributed by atoms with van der Waals surface area (Å²) in [6.45, 7) is 4.34. The third kappa shape index (κ3) is 4.63. The molecular formula is C20H23N3O5S. The lowest BCUT2D eigenvalue weighted by Crippen LogP contribution is -2.37. The van der Waals surface area contributed by atoms with E-state index in [0.717, 1.165) is 18.9 Å². The van der Waals surface area contributed by atoms with Crippen LogP contribution in [0.25, 0.3) is 0 Å². The van der Waals surface area contributed by atoms with Crippen molar-refractivity contribution in [3.63, 3.8) is 0 Å². The first-order valence-corrected chi connectivity index (χ1v) is 10.8. The van der Waals surface area contributed by atoms with Crippen LogP contribution in [0, 0.1) is 16.0 Å². The largest absolute Gasteiger partial charge is 0.350 e. The number of benzene rings is 2. The summed E-state index contributed by atoms with van der Waals surface area (Å²) in [5, 5.41) is 14.5. The van der Waals surface area contributed by atoms with Crippen LogP contribution >= 0.6 is 0 Å². The van der Waals surface area contributed by atoms with Gasteiger partial charge < -0.3 is 5.32 Å². The van der Waals surface area contributed by atoms with E-state index in [1.54, 1.807) is 24.3 Å². The number of Topliss-reactive ketones (excluding diaryl/α,β-unsaturated/α-hetero) is 1. The highest BCUT2D eigenvalue weighted by Crippen LogP contribution is 2.32. The number of rotatable bonds is 6. The van der Waals surface area contributed by atoms with Gasteiger partial charge in [-0.3, -0.25) is 14.9 Å². The predicted molar refractivity (Wildman–Crippen MR) is 110 cm³/mol. The molecule has 2 aromatic rings. The van der Waals surface area contributed by atoms with E-state index in [2.05, 4.69) is 12.2 Å². The molecule has 0 radical (unpaired) electrons. The Morgan fingerprint density at radius 3 is 2.48 bits per heavy atom. The summed E-state index contributed by atoms with van der Waals surface area (Å²) >= 11 is 0. The monoisotopic (exact) mass is 417 g/mol. The summed E-state index contributed by atoms with van der Waals surface area (Å²) in [6.07, 6.45) is 1.54. The van der Waals surface area contributed by atoms with Gasteiger partial charge in [-0.05, 0) is 49.9 Å². The third-order valence-corrected chi connectivity index (χ3v) is 6.99. The molecule has 154 valence electrons. The molecule has 1 N–H and O–H groups in total. The Labute approximate surface area is 169 Å². The number of nitrogens with one attached hydrogen (secondary N) is 1. The van der Waals surface area contributed by atoms with Crippen molar-refractivity contribution in [3.8, 4) is 0 Å². The molecule has 0 aliphatic carbocycles. The van der Waals surface area contributed by atoms with Crippen molar-refractivity contribution in [1.82, 2.24) is 4.31 Å². The molecule has 0 atom stereocenters. The van der Waals surface area contributed by atoms with Gasteiger partial charge in [0.05, 0.1) is 9.82 Å². The molecule has 1 saturated heterocycles. The first-order valence-electron chi connectivity index (χ1n) is 9.35. The van der Waals surface area contributed by atoms with Gasteiger partial charge >= 0.3 is 0 Å². The van der Waals surface area contributed by atoms with Crippen LogP contribution in [0.2, 0.25) is 0 Å². The number of carbonyl (C=O) groups is 1. The number of ketones is 1. The maximum absolute atomic E-state index is 12.9. The molecule has 1 aliphatic rings. The lowest BCUT2D eigenvalue weighted by molar-refractivity contribution is -0.384. The lowest BCUT2D eigenvalue weighted by atomic mass is 10.0. The second kappa shape index (κ2) is 8.30. The molecule has 0 aromatic heterocycles. The van der Waals surface area contributed by atoms with E-state index >= 15 is 0 Å². The number of nitrogens with zero attached hydrogens (tertiary/aromatic N) is 2. The first-order chi connectivity index (χ1) is 13.7. The molecule has 0 amide bonds. The quantitative estimate of drug-likeness (QED) is 0.433. The molecule has 8 nitrogen and oxygen atoms in total. The summed E-state index contributed by atoms with van der Waals surface area (Å²) < 4.78 is 27.2. The molecule has 0 saturated carbocycles. The Kier molecular flexibility index (Phi) is 5.99. The number of nitro benzene ring substituents is 1. The lowest BCUT2D eigenvalue weighted by Gasteiger charge is -2.29. The molecule has 29 heavy (non-hydrogen) atoms. The number of carbonyl (C=O) groups excluding carboxylic acids is 1. The Balaban J connectivity index is 1.92. The summed E-state index contributed by atoms with van der Waals surface area (Å²) in [4.78, 5) is 22.4. The fourth-order valence-electron chi connectivity index (χ4n) is 3.27. The van der Waals surface area contributed by atoms with Crippen molar-refractivity contribution >= 4 is 32.9 Å². The van der Waals surface area contributed by atoms with Gasteiger partial charge in [-0.2, -0.15) is 4.31 Å². The van der Waals surface area contributed by atoms with Crippen LogP contribution in [0.5, 0.6) is 0 Å². The molecular weight excluding hydrogens is 394 g/mol. The fraction of sp³-hybridized carbons (Fsp3) is 0.350. The predicted octanol–water partition coefficient (Wildman–Crippen LogP) is 3.96. The van der Waals surface area contributed by atoms with Gasteiger partial charge in [0.25, 0.3) is 5.69 Å². The average molecular weight is 417 g/mol. The minimum Gasteiger partial charge on any atom is -0.350 e. The van der Waals surface area contributed by atoms with Crippen LogP contribution in [0.1, 0.15) is 37.0 Å². The van der Waals surface area contributed by atoms with Gasteiger partial charge in [-0.15, -0.1) is 0 Å². The zero-order valence-electron chi connectivity index (χ0n) is 16.3. The summed E-state index contributed by atoms with van der Waals surface area (Å²) in [5.41, 5.74) is 0.782. The smallest absolute Gasteiger partial charge is 0.294 e. The van der Waals surface area contributed by atoms with Gasteiger partial charge in [-0.25, -0.2) is 8.42 Å². The number of hydrogen-bond donors (Lipinski definition) is 1. The second-order valence-electron chi connectivity index (χ2n) is 7.28. The van der Waals surface area contributed by atoms with Crippen molar-refractivity contribution in [2.24, 2.45) is 5.92 Å². The maximum atomic E-state index is 12.9. The number of anilines is 2. The Morgan fingerprint density at radius 1 is 1.17 bits per heavy atom. The molecule has 2 aromatic carbocycles. The van der Waals surface area contributed by atoms with Crippen LogP contribution in [0.4, 0.5) is 17.1 Å². The number of piperidine rings is 1. The van der Waals surface area contributed by atoms with Crippen molar-refractivity contribution in [3.05, 3.63) is 58.1 Å². The van der Waals surface area contributed by atoms with E-state index in [-0.39, 0.29) is 22.1 Å². The number of hydrogen-bond acceptors (Lipinski definition) is 6. The van der Waals surface area contributed by atoms with Crippen molar-refractivity contribution in [2.75, 3.05) is 18.4 Å². The standard InChI is InChI=1S/C20H23N3O5S/c1-14-8-10-22(11-9-14)29(27,28)18-6-7-19(20(13-18)23(25)26)21-17-5-3-4-16(12-17)15(2)24/h3-7,12-14,21H,8-11H2,1-2H3. The second-order valence-corrected chi connectivity index (χ2v) is 9.22. The molecule has 0 unspecified atom stereocenters. The van der Waals surface area contributed by atoms with Crippen LogP contribution in [-0.4, -0.2) is 36.5 Å². The van der Waals surface area contributed by atoms with E-state index < -0.39 is 14.9 Å². The van der Waals surface area contributed by atoms with E-state index in [1.807, 2.05) is 0 Å². The highest BCUT2D eigenvalue weighted by atomic mass is 32.2. The highest BCUT2D eigenvalue weighted by molar-refractivity contribution is 7.89. The Hall–Kier alpha value is -2.78. The Morgan fingerprint density at radius 2 is 1.86 bits per heavy atom. The fourth-order valence-corrected chi connectivity index (χ4v) is 4.76. The van der Waals surface area contributed by atoms with E-state index in [0.29, 0.717) is 30.3 Å². The molecule has 9 heteroatoms. The van der Waals surface area contributed by atoms with Gasteiger partial charge in [0.2, 0.25) is 10.0 Å². The third-order valence-electron chi connectivity index (χ3n) is 5.09. The molecule has 1 fully saturated rings. The van der Waals surface area contributed by atoms with Gasteiger partial charge in [0.1, 0.15) is 5.69 Å². The number of sulfonamides is 1. The van der Waals surface area contributed by atoms with Crippen LogP contribution < -0.4 is 5.32 Å². The van der Waals surface area contributed by atoms with Gasteiger partial charge in [0.15, 0.2) is 5.78 Å². The topological polar surface area (TPSA) is 110 Å². The van der Waals surface area contributed by atoms with E-state index in [4.69, 9.17) is 0 Å². The van der Waals surface area contributed by atoms with Crippen LogP contribution in [0.3, 0.4) is 0 Å². The van der Waals surface area contributed by atoms with E-state index in [9.17, 15) is 23.3 Å². The normalized spacial score (nSPS) is 15.8. The van der Waals surface area contributed by atoms with Crippen molar-refractivity contribution in [2.45, 2.75) is 31.6 Å². The van der Waals surface area contributed by atoms with Crippen LogP contribution in [-0.2, 0) is 10.0 Å². The van der Waals surface area contributed by atoms with E-state index in [1.165, 1.54) is 23.4 Å². The minimum absolute atomic E-state index is 0.0956. The SMILES string of the molecule is CC(=O)c1cccc(Nc2ccc(S(=O)(=O)N3CCC(C)CC3)cc2[N+](=O)[O-])c1. The first kappa shape index (κ1) is 20.9. The average Bonchev–Trinajstić information content (AvgIpc) is 2.68. The number of nitro groups is 1. The minimum atomic E-state index is -3.79. The van der Waals surface area contributed by atoms with Crippen molar-refractivity contribution < 1.29 is 18.1 Å². The summed E-state index contributed by atoms with van der Waals surface area (Å²) in [7, 11) is -3.79. The maximum Gasteiger partial charge on any atom is 0.294 e. The summed E-state index contributed by atoms with van der Waals surface area (Å²) in [6, 6.07) is 10.4. The zero-order valence-corrected chi connectivity index (χ0v) is 17.1. The molecule has 1 heterocycles.